The van der Waals surface area contributed by atoms with Crippen LogP contribution in [0.3, 0.4) is 0 Å². The molecule has 0 spiro atoms. The predicted octanol–water partition coefficient (Wildman–Crippen LogP) is -7.79. The van der Waals surface area contributed by atoms with E-state index in [0.29, 0.717) is 6.54 Å². The average molecular weight is 1410 g/mol. The summed E-state index contributed by atoms with van der Waals surface area (Å²) in [5.74, 6) is -3.32. The van der Waals surface area contributed by atoms with Crippen LogP contribution in [0.4, 0.5) is 0 Å². The molecule has 97 heavy (non-hydrogen) atoms. The first kappa shape index (κ1) is 86.1. The highest BCUT2D eigenvalue weighted by molar-refractivity contribution is 5.81. The fraction of sp³-hybridized carbons (Fsp3) is 0.867. The molecule has 0 aliphatic carbocycles. The van der Waals surface area contributed by atoms with Gasteiger partial charge in [-0.3, -0.25) is 38.4 Å². The molecule has 3 aliphatic heterocycles. The average Bonchev–Trinajstić information content (AvgIpc) is 0.844. The summed E-state index contributed by atoms with van der Waals surface area (Å²) in [6.45, 7) is 5.42. The number of nitrogens with one attached hydrogen (secondary N) is 8. The number of hydrogen-bond acceptors (Lipinski definition) is 29. The van der Waals surface area contributed by atoms with Crippen molar-refractivity contribution in [2.45, 2.75) is 189 Å². The Kier molecular flexibility index (Phi) is 43.9. The molecule has 3 saturated heterocycles. The highest BCUT2D eigenvalue weighted by atomic mass is 16.7. The molecular formula is C60H108N8O29. The fourth-order valence-corrected chi connectivity index (χ4v) is 10.4. The van der Waals surface area contributed by atoms with Crippen molar-refractivity contribution in [3.05, 3.63) is 0 Å². The molecule has 0 bridgehead atoms. The Labute approximate surface area is 563 Å². The molecule has 3 fully saturated rings. The maximum atomic E-state index is 13.7. The van der Waals surface area contributed by atoms with Gasteiger partial charge in [0.1, 0.15) is 73.1 Å². The first-order valence-corrected chi connectivity index (χ1v) is 32.9. The number of hydrogen-bond donors (Lipinski definition) is 17. The quantitative estimate of drug-likeness (QED) is 0.0252. The van der Waals surface area contributed by atoms with E-state index in [9.17, 15) is 84.3 Å². The van der Waals surface area contributed by atoms with Crippen LogP contribution in [0.15, 0.2) is 0 Å². The molecular weight excluding hydrogens is 1300 g/mol. The topological polar surface area (TPSA) is 526 Å². The van der Waals surface area contributed by atoms with Gasteiger partial charge < -0.3 is 145 Å². The Morgan fingerprint density at radius 2 is 0.649 bits per heavy atom. The summed E-state index contributed by atoms with van der Waals surface area (Å²) in [4.78, 5) is 101. The Balaban J connectivity index is 1.54. The van der Waals surface area contributed by atoms with E-state index >= 15 is 0 Å². The van der Waals surface area contributed by atoms with E-state index in [-0.39, 0.29) is 195 Å². The number of rotatable bonds is 52. The van der Waals surface area contributed by atoms with E-state index in [1.54, 1.807) is 6.92 Å². The summed E-state index contributed by atoms with van der Waals surface area (Å²) in [5, 5.41) is 112. The van der Waals surface area contributed by atoms with Gasteiger partial charge in [0.05, 0.1) is 119 Å². The predicted molar refractivity (Wildman–Crippen MR) is 334 cm³/mol. The second-order valence-electron chi connectivity index (χ2n) is 23.1. The van der Waals surface area contributed by atoms with Crippen LogP contribution >= 0.6 is 0 Å². The van der Waals surface area contributed by atoms with Gasteiger partial charge >= 0.3 is 0 Å². The van der Waals surface area contributed by atoms with Crippen LogP contribution in [0.1, 0.15) is 91.9 Å². The summed E-state index contributed by atoms with van der Waals surface area (Å²) < 4.78 is 67.0. The highest BCUT2D eigenvalue weighted by Gasteiger charge is 2.48. The van der Waals surface area contributed by atoms with Crippen LogP contribution < -0.4 is 42.5 Å². The molecule has 15 unspecified atom stereocenters. The Hall–Kier alpha value is -5.08. The number of carbonyl (C=O) groups is 8. The van der Waals surface area contributed by atoms with Gasteiger partial charge in [0.15, 0.2) is 18.9 Å². The minimum atomic E-state index is -1.47. The van der Waals surface area contributed by atoms with E-state index in [1.165, 1.54) is 20.8 Å². The zero-order valence-electron chi connectivity index (χ0n) is 56.0. The van der Waals surface area contributed by atoms with Crippen LogP contribution in [-0.2, 0) is 95.2 Å². The molecule has 0 aromatic rings. The normalized spacial score (nSPS) is 26.2. The van der Waals surface area contributed by atoms with Crippen molar-refractivity contribution < 1.29 is 141 Å². The largest absolute Gasteiger partial charge is 0.394 e. The minimum Gasteiger partial charge on any atom is -0.394 e. The van der Waals surface area contributed by atoms with Crippen molar-refractivity contribution in [3.8, 4) is 0 Å². The van der Waals surface area contributed by atoms with Crippen molar-refractivity contribution in [2.75, 3.05) is 145 Å². The number of aliphatic hydroxyl groups is 9. The molecule has 0 aromatic heterocycles. The third-order valence-electron chi connectivity index (χ3n) is 15.4. The van der Waals surface area contributed by atoms with Crippen molar-refractivity contribution in [3.63, 3.8) is 0 Å². The van der Waals surface area contributed by atoms with Gasteiger partial charge in [0.2, 0.25) is 47.3 Å². The van der Waals surface area contributed by atoms with Crippen LogP contribution in [0.2, 0.25) is 0 Å². The smallest absolute Gasteiger partial charge is 0.220 e. The maximum absolute atomic E-state index is 13.7. The van der Waals surface area contributed by atoms with Gasteiger partial charge in [-0.2, -0.15) is 0 Å². The van der Waals surface area contributed by atoms with Crippen molar-refractivity contribution in [2.24, 2.45) is 0 Å². The summed E-state index contributed by atoms with van der Waals surface area (Å²) >= 11 is 0. The first-order chi connectivity index (χ1) is 46.5. The highest BCUT2D eigenvalue weighted by Crippen LogP contribution is 2.29. The van der Waals surface area contributed by atoms with Gasteiger partial charge in [-0.05, 0) is 39.0 Å². The minimum absolute atomic E-state index is 0.0105. The van der Waals surface area contributed by atoms with Crippen LogP contribution in [0.5, 0.6) is 0 Å². The lowest BCUT2D eigenvalue weighted by Gasteiger charge is -2.42. The first-order valence-electron chi connectivity index (χ1n) is 32.9. The Morgan fingerprint density at radius 1 is 0.361 bits per heavy atom. The summed E-state index contributed by atoms with van der Waals surface area (Å²) in [6.07, 6.45) is -15.4. The summed E-state index contributed by atoms with van der Waals surface area (Å²) in [5.41, 5.74) is -1.20. The third kappa shape index (κ3) is 34.2. The van der Waals surface area contributed by atoms with Gasteiger partial charge in [-0.25, -0.2) is 0 Å². The van der Waals surface area contributed by atoms with Gasteiger partial charge in [-0.15, -0.1) is 0 Å². The van der Waals surface area contributed by atoms with Gasteiger partial charge in [0.25, 0.3) is 0 Å². The fourth-order valence-electron chi connectivity index (χ4n) is 10.4. The Morgan fingerprint density at radius 3 is 0.969 bits per heavy atom. The van der Waals surface area contributed by atoms with Crippen LogP contribution in [-0.4, -0.2) is 336 Å². The van der Waals surface area contributed by atoms with E-state index in [0.717, 1.165) is 0 Å². The monoisotopic (exact) mass is 1400 g/mol. The SMILES string of the molecule is CCNC(=O)CCCC(=O)NC(CCCC(=O)NCCOCCOCCOC1OC(CO)C(O)C(O)C1NC(C)=O)(CCC(=O)NCCOCCOCCOC1OC(CO)C(O)C(O)C1NC(C)=O)CCC(=O)NCCOCCOCCOC1OC(CO)C(O)C(O)C1NC(C)=O. The standard InChI is InChI=1S/C60H108N8O29/c1-5-61-43(75)8-6-9-47(79)68-60(14-11-45(77)63-17-20-87-23-26-90-29-32-93-58-49(66-38(3)73)55(84)52(81)41(35-70)96-58,15-12-46(78)64-18-21-88-24-27-91-30-33-94-59-50(67-39(4)74)56(85)53(82)42(36-71)97-59)13-7-10-44(76)62-16-19-86-22-25-89-28-31-92-57-48(65-37(2)72)54(83)51(80)40(34-69)95-57/h40-42,48-59,69-71,80-85H,5-36H2,1-4H3,(H,61,75)(H,62,76)(H,63,77)(H,64,78)(H,65,72)(H,66,73)(H,67,74)(H,68,79). The maximum Gasteiger partial charge on any atom is 0.220 e. The summed E-state index contributed by atoms with van der Waals surface area (Å²) in [7, 11) is 0. The lowest BCUT2D eigenvalue weighted by atomic mass is 9.82. The number of aliphatic hydroxyl groups excluding tert-OH is 9. The molecule has 17 N–H and O–H groups in total. The second kappa shape index (κ2) is 49.5. The Bertz CT molecular complexity index is 2190. The molecule has 15 atom stereocenters. The van der Waals surface area contributed by atoms with E-state index in [4.69, 9.17) is 56.8 Å². The lowest BCUT2D eigenvalue weighted by Crippen LogP contribution is -2.64. The molecule has 0 aromatic carbocycles. The third-order valence-corrected chi connectivity index (χ3v) is 15.4. The number of amides is 8. The second-order valence-corrected chi connectivity index (χ2v) is 23.1. The number of ether oxygens (including phenoxy) is 12. The van der Waals surface area contributed by atoms with Crippen LogP contribution in [0.25, 0.3) is 0 Å². The molecule has 37 nitrogen and oxygen atoms in total. The van der Waals surface area contributed by atoms with Crippen LogP contribution in [0, 0.1) is 0 Å². The molecule has 3 aliphatic rings. The zero-order valence-corrected chi connectivity index (χ0v) is 56.0. The van der Waals surface area contributed by atoms with E-state index in [2.05, 4.69) is 42.5 Å². The lowest BCUT2D eigenvalue weighted by molar-refractivity contribution is -0.272. The van der Waals surface area contributed by atoms with Crippen molar-refractivity contribution >= 4 is 47.3 Å². The summed E-state index contributed by atoms with van der Waals surface area (Å²) in [6, 6.07) is -3.33. The molecule has 3 rings (SSSR count). The zero-order chi connectivity index (χ0) is 71.5. The van der Waals surface area contributed by atoms with E-state index < -0.39 is 153 Å². The molecule has 8 amide bonds. The molecule has 3 heterocycles. The van der Waals surface area contributed by atoms with Crippen molar-refractivity contribution in [1.82, 2.24) is 42.5 Å². The van der Waals surface area contributed by atoms with E-state index in [1.807, 2.05) is 0 Å². The molecule has 0 radical (unpaired) electrons. The van der Waals surface area contributed by atoms with Gasteiger partial charge in [0, 0.05) is 84.6 Å². The molecule has 37 heteroatoms. The van der Waals surface area contributed by atoms with Crippen molar-refractivity contribution in [1.29, 1.82) is 0 Å². The molecule has 0 saturated carbocycles. The number of carbonyl (C=O) groups excluding carboxylic acids is 8. The van der Waals surface area contributed by atoms with Gasteiger partial charge in [-0.1, -0.05) is 0 Å². The molecule has 562 valence electrons.